The van der Waals surface area contributed by atoms with Crippen LogP contribution in [0.2, 0.25) is 0 Å². The van der Waals surface area contributed by atoms with Gasteiger partial charge in [-0.25, -0.2) is 0 Å². The smallest absolute Gasteiger partial charge is 0.237 e. The number of amides is 1. The Balaban J connectivity index is 1.73. The second-order valence-corrected chi connectivity index (χ2v) is 4.27. The van der Waals surface area contributed by atoms with E-state index in [1.165, 1.54) is 0 Å². The molecule has 6 heteroatoms. The van der Waals surface area contributed by atoms with Gasteiger partial charge >= 0.3 is 0 Å². The van der Waals surface area contributed by atoms with Gasteiger partial charge in [0.1, 0.15) is 0 Å². The fraction of sp³-hybridized carbons (Fsp3) is 0.700. The number of nitrogens with zero attached hydrogens (tertiary/aromatic N) is 3. The fourth-order valence-corrected chi connectivity index (χ4v) is 1.38. The minimum Gasteiger partial charge on any atom is -0.352 e. The zero-order valence-corrected chi connectivity index (χ0v) is 9.60. The number of hydrogen-bond acceptors (Lipinski definition) is 4. The van der Waals surface area contributed by atoms with Crippen molar-refractivity contribution < 1.29 is 4.79 Å². The molecule has 0 bridgehead atoms. The van der Waals surface area contributed by atoms with Crippen molar-refractivity contribution in [3.63, 3.8) is 0 Å². The molecule has 0 aromatic carbocycles. The maximum Gasteiger partial charge on any atom is 0.237 e. The summed E-state index contributed by atoms with van der Waals surface area (Å²) in [6, 6.07) is 0.218. The van der Waals surface area contributed by atoms with E-state index in [0.29, 0.717) is 12.6 Å². The van der Waals surface area contributed by atoms with Gasteiger partial charge in [-0.1, -0.05) is 5.21 Å². The Morgan fingerprint density at radius 1 is 1.69 bits per heavy atom. The van der Waals surface area contributed by atoms with Crippen molar-refractivity contribution in [2.75, 3.05) is 0 Å². The van der Waals surface area contributed by atoms with Crippen LogP contribution in [-0.4, -0.2) is 33.0 Å². The summed E-state index contributed by atoms with van der Waals surface area (Å²) in [4.78, 5) is 11.6. The molecule has 0 saturated heterocycles. The van der Waals surface area contributed by atoms with E-state index in [2.05, 4.69) is 20.9 Å². The number of aryl methyl sites for hydroxylation is 1. The van der Waals surface area contributed by atoms with Gasteiger partial charge in [0, 0.05) is 25.8 Å². The maximum atomic E-state index is 11.6. The van der Waals surface area contributed by atoms with Crippen LogP contribution in [0.4, 0.5) is 0 Å². The summed E-state index contributed by atoms with van der Waals surface area (Å²) in [5.41, 5.74) is 0.841. The van der Waals surface area contributed by atoms with Gasteiger partial charge in [-0.05, 0) is 19.8 Å². The van der Waals surface area contributed by atoms with E-state index in [9.17, 15) is 4.79 Å². The highest BCUT2D eigenvalue weighted by molar-refractivity contribution is 5.81. The van der Waals surface area contributed by atoms with Crippen molar-refractivity contribution in [3.8, 4) is 0 Å². The number of nitrogens with one attached hydrogen (secondary N) is 2. The topological polar surface area (TPSA) is 71.8 Å². The van der Waals surface area contributed by atoms with E-state index in [-0.39, 0.29) is 11.9 Å². The first-order valence-electron chi connectivity index (χ1n) is 5.54. The monoisotopic (exact) mass is 223 g/mol. The predicted molar refractivity (Wildman–Crippen MR) is 58.5 cm³/mol. The largest absolute Gasteiger partial charge is 0.352 e. The second kappa shape index (κ2) is 4.61. The molecule has 1 aromatic rings. The van der Waals surface area contributed by atoms with Crippen LogP contribution in [0.15, 0.2) is 6.20 Å². The molecule has 88 valence electrons. The summed E-state index contributed by atoms with van der Waals surface area (Å²) in [6.45, 7) is 2.42. The summed E-state index contributed by atoms with van der Waals surface area (Å²) >= 11 is 0. The standard InChI is InChI=1S/C10H17N5O/c1-7(10(16)12-8-3-4-8)11-5-9-6-15(2)14-13-9/h6-8,11H,3-5H2,1-2H3,(H,12,16). The van der Waals surface area contributed by atoms with Crippen LogP contribution in [0.5, 0.6) is 0 Å². The molecule has 1 heterocycles. The summed E-state index contributed by atoms with van der Waals surface area (Å²) in [6.07, 6.45) is 4.06. The average Bonchev–Trinajstić information content (AvgIpc) is 2.96. The van der Waals surface area contributed by atoms with Crippen LogP contribution in [0.25, 0.3) is 0 Å². The van der Waals surface area contributed by atoms with Crippen LogP contribution in [0, 0.1) is 0 Å². The normalized spacial score (nSPS) is 17.1. The Morgan fingerprint density at radius 3 is 3.00 bits per heavy atom. The zero-order chi connectivity index (χ0) is 11.5. The Labute approximate surface area is 94.4 Å². The Hall–Kier alpha value is -1.43. The Kier molecular flexibility index (Phi) is 3.19. The first-order chi connectivity index (χ1) is 7.65. The fourth-order valence-electron chi connectivity index (χ4n) is 1.38. The van der Waals surface area contributed by atoms with Gasteiger partial charge in [0.2, 0.25) is 5.91 Å². The van der Waals surface area contributed by atoms with Gasteiger partial charge in [-0.3, -0.25) is 9.48 Å². The van der Waals surface area contributed by atoms with E-state index >= 15 is 0 Å². The minimum absolute atomic E-state index is 0.0615. The lowest BCUT2D eigenvalue weighted by Gasteiger charge is -2.12. The number of carbonyl (C=O) groups excluding carboxylic acids is 1. The lowest BCUT2D eigenvalue weighted by Crippen LogP contribution is -2.42. The first-order valence-corrected chi connectivity index (χ1v) is 5.54. The molecule has 1 aliphatic rings. The highest BCUT2D eigenvalue weighted by atomic mass is 16.2. The summed E-state index contributed by atoms with van der Waals surface area (Å²) in [7, 11) is 1.82. The molecule has 0 radical (unpaired) electrons. The van der Waals surface area contributed by atoms with Crippen LogP contribution in [0.1, 0.15) is 25.5 Å². The molecule has 1 fully saturated rings. The molecule has 16 heavy (non-hydrogen) atoms. The minimum atomic E-state index is -0.192. The Morgan fingerprint density at radius 2 is 2.44 bits per heavy atom. The molecule has 1 atom stereocenters. The van der Waals surface area contributed by atoms with E-state index in [1.807, 2.05) is 20.2 Å². The van der Waals surface area contributed by atoms with Crippen molar-refractivity contribution in [2.24, 2.45) is 7.05 Å². The second-order valence-electron chi connectivity index (χ2n) is 4.27. The Bertz CT molecular complexity index is 371. The van der Waals surface area contributed by atoms with Crippen molar-refractivity contribution in [3.05, 3.63) is 11.9 Å². The molecule has 2 rings (SSSR count). The molecule has 1 amide bonds. The van der Waals surface area contributed by atoms with Crippen molar-refractivity contribution in [1.29, 1.82) is 0 Å². The van der Waals surface area contributed by atoms with Gasteiger partial charge in [0.25, 0.3) is 0 Å². The van der Waals surface area contributed by atoms with E-state index < -0.39 is 0 Å². The van der Waals surface area contributed by atoms with E-state index in [0.717, 1.165) is 18.5 Å². The molecule has 1 aromatic heterocycles. The SMILES string of the molecule is CC(NCc1cn(C)nn1)C(=O)NC1CC1. The number of rotatable bonds is 5. The lowest BCUT2D eigenvalue weighted by atomic mass is 10.3. The van der Waals surface area contributed by atoms with Gasteiger partial charge in [-0.2, -0.15) is 0 Å². The van der Waals surface area contributed by atoms with Crippen LogP contribution in [0.3, 0.4) is 0 Å². The summed E-state index contributed by atoms with van der Waals surface area (Å²) < 4.78 is 1.64. The number of aromatic nitrogens is 3. The quantitative estimate of drug-likeness (QED) is 0.710. The number of carbonyl (C=O) groups is 1. The molecular weight excluding hydrogens is 206 g/mol. The third-order valence-electron chi connectivity index (χ3n) is 2.56. The molecular formula is C10H17N5O. The maximum absolute atomic E-state index is 11.6. The molecule has 6 nitrogen and oxygen atoms in total. The number of hydrogen-bond donors (Lipinski definition) is 2. The van der Waals surface area contributed by atoms with E-state index in [4.69, 9.17) is 0 Å². The highest BCUT2D eigenvalue weighted by Crippen LogP contribution is 2.18. The van der Waals surface area contributed by atoms with Crippen molar-refractivity contribution >= 4 is 5.91 Å². The zero-order valence-electron chi connectivity index (χ0n) is 9.60. The third-order valence-corrected chi connectivity index (χ3v) is 2.56. The van der Waals surface area contributed by atoms with Crippen molar-refractivity contribution in [2.45, 2.75) is 38.4 Å². The molecule has 2 N–H and O–H groups in total. The average molecular weight is 223 g/mol. The summed E-state index contributed by atoms with van der Waals surface area (Å²) in [5.74, 6) is 0.0615. The van der Waals surface area contributed by atoms with E-state index in [1.54, 1.807) is 4.68 Å². The van der Waals surface area contributed by atoms with Crippen LogP contribution in [-0.2, 0) is 18.4 Å². The molecule has 1 saturated carbocycles. The lowest BCUT2D eigenvalue weighted by molar-refractivity contribution is -0.122. The van der Waals surface area contributed by atoms with Crippen molar-refractivity contribution in [1.82, 2.24) is 25.6 Å². The molecule has 1 aliphatic carbocycles. The van der Waals surface area contributed by atoms with Gasteiger partial charge < -0.3 is 10.6 Å². The first kappa shape index (κ1) is 11.1. The predicted octanol–water partition coefficient (Wildman–Crippen LogP) is -0.428. The van der Waals surface area contributed by atoms with Gasteiger partial charge in [0.15, 0.2) is 0 Å². The molecule has 0 spiro atoms. The van der Waals surface area contributed by atoms with Gasteiger partial charge in [0.05, 0.1) is 11.7 Å². The molecule has 1 unspecified atom stereocenters. The van der Waals surface area contributed by atoms with Crippen LogP contribution < -0.4 is 10.6 Å². The third kappa shape index (κ3) is 3.03. The van der Waals surface area contributed by atoms with Crippen LogP contribution >= 0.6 is 0 Å². The molecule has 0 aliphatic heterocycles. The summed E-state index contributed by atoms with van der Waals surface area (Å²) in [5, 5.41) is 13.8. The highest BCUT2D eigenvalue weighted by Gasteiger charge is 2.25. The van der Waals surface area contributed by atoms with Gasteiger partial charge in [-0.15, -0.1) is 5.10 Å².